The number of carbonyl (C=O) groups is 24. The van der Waals surface area contributed by atoms with Gasteiger partial charge in [-0.05, 0) is 19.8 Å². The summed E-state index contributed by atoms with van der Waals surface area (Å²) >= 11 is 0. The molecule has 1 unspecified atom stereocenters. The molecule has 0 saturated carbocycles. The predicted octanol–water partition coefficient (Wildman–Crippen LogP) is -9.92. The Labute approximate surface area is 527 Å². The van der Waals surface area contributed by atoms with Gasteiger partial charge in [0.05, 0.1) is 0 Å². The number of carboxylic acid groups (broad SMARTS) is 4. The number of ketones is 4. The highest BCUT2D eigenvalue weighted by atomic mass is 16.8. The van der Waals surface area contributed by atoms with Crippen LogP contribution in [0.1, 0.15) is 72.6 Å². The van der Waals surface area contributed by atoms with Crippen molar-refractivity contribution >= 4 is 154 Å². The molecule has 8 fully saturated rings. The number of hydrogen-bond donors (Lipinski definition) is 8. The van der Waals surface area contributed by atoms with Crippen molar-refractivity contribution in [1.29, 1.82) is 0 Å². The van der Waals surface area contributed by atoms with E-state index in [-0.39, 0.29) is 39.3 Å². The van der Waals surface area contributed by atoms with Crippen molar-refractivity contribution in [2.75, 3.05) is 47.2 Å². The number of aliphatic imine (C=N–C) groups is 2. The summed E-state index contributed by atoms with van der Waals surface area (Å²) in [5, 5.41) is 36.9. The van der Waals surface area contributed by atoms with Crippen LogP contribution in [0.15, 0.2) is 9.98 Å². The highest BCUT2D eigenvalue weighted by Crippen LogP contribution is 2.49. The molecule has 510 valence electrons. The topological polar surface area (TPSA) is 676 Å². The Morgan fingerprint density at radius 3 is 1.01 bits per heavy atom. The number of amides is 12. The van der Waals surface area contributed by atoms with Crippen LogP contribution in [0.3, 0.4) is 0 Å². The second-order valence-corrected chi connectivity index (χ2v) is 20.5. The first-order valence-corrected chi connectivity index (χ1v) is 27.2. The van der Waals surface area contributed by atoms with Crippen LogP contribution in [0.25, 0.3) is 0 Å². The Balaban J connectivity index is 0.000000230. The first kappa shape index (κ1) is 74.2. The summed E-state index contributed by atoms with van der Waals surface area (Å²) in [6.07, 6.45) is -3.44. The van der Waals surface area contributed by atoms with Gasteiger partial charge in [0, 0.05) is 79.6 Å². The zero-order valence-corrected chi connectivity index (χ0v) is 50.1. The molecule has 0 aromatic heterocycles. The van der Waals surface area contributed by atoms with Gasteiger partial charge < -0.3 is 62.3 Å². The largest absolute Gasteiger partial charge is 0.480 e. The number of imide groups is 6. The lowest BCUT2D eigenvalue weighted by Crippen LogP contribution is -2.87. The number of aliphatic carboxylic acids is 4. The van der Waals surface area contributed by atoms with Gasteiger partial charge in [0.1, 0.15) is 6.67 Å². The molecule has 1 atom stereocenters. The number of esters is 4. The number of cyclic esters (lactones) is 4. The monoisotopic (exact) mass is 1350 g/mol. The number of ether oxygens (including phenoxy) is 4. The minimum absolute atomic E-state index is 0.00331. The molecule has 0 bridgehead atoms. The molecule has 95 heavy (non-hydrogen) atoms. The maximum atomic E-state index is 12.4. The Morgan fingerprint density at radius 2 is 0.737 bits per heavy atom. The van der Waals surface area contributed by atoms with Gasteiger partial charge in [-0.15, -0.1) is 9.98 Å². The summed E-state index contributed by atoms with van der Waals surface area (Å²) in [5.74, 6) is -30.0. The standard InChI is InChI=1S/C18H22O12.C14H10N4O8.C12H10N4O6.C5O6.2CH6N2/c1-3-6-10(20)18(15(27)28,16(29)30)12(22)8-5-7-11(21)17(13(23)24,14(25)26)9(19)4-2;1-3-16-7(21)14(8(16)22)11(25)18(12(14)26)4-17-9(23)13(10(17)24)5(19)15(2)6(13)20;1-5-13-12(21-5)14-6(22-12)3-4-16-9(19)11(10(16)20)7(17)15(2)8(11)18;6-1-5(2(7)10-1)3(8)11-4(5)9;2*2-1-3/h3-8H2,1-2H3,(H,23,24)(H,25,26)(H,27,28)(H,29,30);3-4H2,1-2H3;3-4H2,1-2H3;;2*1-3H2. The van der Waals surface area contributed by atoms with Crippen LogP contribution >= 0.6 is 0 Å². The number of hydrogen-bond acceptors (Lipinski definition) is 34. The second-order valence-electron chi connectivity index (χ2n) is 20.5. The summed E-state index contributed by atoms with van der Waals surface area (Å²) < 4.78 is 18.0. The van der Waals surface area contributed by atoms with E-state index in [1.807, 2.05) is 0 Å². The number of nitrogens with zero attached hydrogens (tertiary/aromatic N) is 8. The number of rotatable bonds is 21. The third-order valence-corrected chi connectivity index (χ3v) is 15.4. The van der Waals surface area contributed by atoms with E-state index in [9.17, 15) is 135 Å². The Bertz CT molecular complexity index is 3540. The summed E-state index contributed by atoms with van der Waals surface area (Å²) in [4.78, 5) is 292. The quantitative estimate of drug-likeness (QED) is 0.0229. The molecule has 0 radical (unpaired) electrons. The van der Waals surface area contributed by atoms with Gasteiger partial charge in [0.15, 0.2) is 29.0 Å². The van der Waals surface area contributed by atoms with E-state index in [4.69, 9.17) is 9.47 Å². The number of β-lactam (4-membered cyclic amide) rings is 12. The lowest BCUT2D eigenvalue weighted by Gasteiger charge is -2.55. The van der Waals surface area contributed by atoms with Crippen LogP contribution < -0.4 is 22.9 Å². The first-order chi connectivity index (χ1) is 44.1. The molecular weight excluding hydrogens is 1290 g/mol. The average Bonchev–Trinajstić information content (AvgIpc) is 0.675. The first-order valence-electron chi connectivity index (χ1n) is 27.2. The summed E-state index contributed by atoms with van der Waals surface area (Å²) in [5.41, 5.74) is 2.55. The molecule has 10 aliphatic rings. The molecule has 44 nitrogen and oxygen atoms in total. The molecule has 0 aromatic carbocycles. The predicted molar refractivity (Wildman–Crippen MR) is 286 cm³/mol. The lowest BCUT2D eigenvalue weighted by molar-refractivity contribution is -0.225. The lowest BCUT2D eigenvalue weighted by atomic mass is 9.68. The zero-order valence-electron chi connectivity index (χ0n) is 50.1. The Hall–Kier alpha value is -11.5. The van der Waals surface area contributed by atoms with E-state index >= 15 is 0 Å². The highest BCUT2D eigenvalue weighted by Gasteiger charge is 2.84. The van der Waals surface area contributed by atoms with Gasteiger partial charge in [0.2, 0.25) is 5.90 Å². The van der Waals surface area contributed by atoms with Gasteiger partial charge in [-0.3, -0.25) is 125 Å². The summed E-state index contributed by atoms with van der Waals surface area (Å²) in [6, 6.07) is -1.27. The van der Waals surface area contributed by atoms with E-state index in [2.05, 4.69) is 42.4 Å². The van der Waals surface area contributed by atoms with Gasteiger partial charge in [0.25, 0.3) is 98.0 Å². The third kappa shape index (κ3) is 10.1. The number of Topliss-reactive ketones (excluding diaryl/α,β-unsaturated/α-hetero) is 4. The molecule has 0 aromatic rings. The summed E-state index contributed by atoms with van der Waals surface area (Å²) in [7, 11) is 2.34. The van der Waals surface area contributed by atoms with Gasteiger partial charge in [-0.1, -0.05) is 13.8 Å². The fourth-order valence-electron chi connectivity index (χ4n) is 10.3. The van der Waals surface area contributed by atoms with Crippen molar-refractivity contribution in [3.63, 3.8) is 0 Å². The summed E-state index contributed by atoms with van der Waals surface area (Å²) in [6.45, 7) is 5.39. The minimum Gasteiger partial charge on any atom is -0.480 e. The number of likely N-dealkylation sites (tertiary alicyclic amines) is 6. The molecule has 10 rings (SSSR count). The average molecular weight is 1350 g/mol. The molecule has 12 N–H and O–H groups in total. The van der Waals surface area contributed by atoms with E-state index < -0.39 is 219 Å². The molecular formula is C51H54N12O32. The second kappa shape index (κ2) is 26.2. The number of carbonyl (C=O) groups excluding carboxylic acids is 20. The minimum atomic E-state index is -3.40. The maximum Gasteiger partial charge on any atom is 0.478 e. The van der Waals surface area contributed by atoms with E-state index in [0.717, 1.165) is 28.7 Å². The molecule has 8 saturated heterocycles. The molecule has 10 aliphatic heterocycles. The van der Waals surface area contributed by atoms with Crippen LogP contribution in [0.2, 0.25) is 0 Å². The number of carboxylic acids is 4. The SMILES string of the molecule is CC1=NC2(N=C(CCN3C(=O)C4(C(=O)N(C)C4=O)C3=O)O2)O1.CCCC(=O)C(C(=O)O)(C(=O)O)C(=O)CCCC(=O)C(C(=O)O)(C(=O)O)C(=O)CC.CCN1C(=O)C2(C1=O)C(=O)N(CN1C(=O)C3(C(=O)N(C)C3=O)C1=O)C2=O.NCN.NCN.O=C1OC(=O)C12C(=O)OC2=O. The van der Waals surface area contributed by atoms with Crippen molar-refractivity contribution in [3.05, 3.63) is 0 Å². The van der Waals surface area contributed by atoms with Gasteiger partial charge >= 0.3 is 59.2 Å². The van der Waals surface area contributed by atoms with Crippen molar-refractivity contribution in [1.82, 2.24) is 29.4 Å². The molecule has 44 heteroatoms. The van der Waals surface area contributed by atoms with Gasteiger partial charge in [-0.25, -0.2) is 19.2 Å². The molecule has 5 spiro atoms. The van der Waals surface area contributed by atoms with Crippen molar-refractivity contribution < 1.29 is 154 Å². The Morgan fingerprint density at radius 1 is 0.442 bits per heavy atom. The molecule has 10 heterocycles. The Kier molecular flexibility index (Phi) is 20.5. The van der Waals surface area contributed by atoms with Crippen LogP contribution in [-0.4, -0.2) is 257 Å². The molecule has 12 amide bonds. The normalized spacial score (nSPS) is 21.1. The fourth-order valence-corrected chi connectivity index (χ4v) is 10.3. The van der Waals surface area contributed by atoms with Crippen LogP contribution in [-0.2, 0) is 134 Å². The third-order valence-electron chi connectivity index (χ3n) is 15.4. The van der Waals surface area contributed by atoms with E-state index in [0.29, 0.717) is 26.5 Å². The van der Waals surface area contributed by atoms with Crippen LogP contribution in [0, 0.1) is 32.5 Å². The van der Waals surface area contributed by atoms with Crippen LogP contribution in [0.5, 0.6) is 0 Å². The van der Waals surface area contributed by atoms with Gasteiger partial charge in [-0.2, -0.15) is 0 Å². The number of nitrogens with two attached hydrogens (primary N) is 4. The zero-order chi connectivity index (χ0) is 72.7. The molecule has 0 aliphatic carbocycles. The highest BCUT2D eigenvalue weighted by molar-refractivity contribution is 6.55. The van der Waals surface area contributed by atoms with Crippen LogP contribution in [0.4, 0.5) is 0 Å². The van der Waals surface area contributed by atoms with Crippen molar-refractivity contribution in [3.8, 4) is 0 Å². The van der Waals surface area contributed by atoms with E-state index in [1.54, 1.807) is 6.92 Å². The van der Waals surface area contributed by atoms with Crippen molar-refractivity contribution in [2.45, 2.75) is 78.7 Å². The fraction of sp³-hybridized carbons (Fsp3) is 0.490. The van der Waals surface area contributed by atoms with E-state index in [1.165, 1.54) is 20.9 Å². The van der Waals surface area contributed by atoms with Crippen molar-refractivity contribution in [2.24, 2.45) is 65.4 Å². The smallest absolute Gasteiger partial charge is 0.478 e. The maximum absolute atomic E-state index is 12.4.